The van der Waals surface area contributed by atoms with E-state index in [1.54, 1.807) is 0 Å². The third-order valence-corrected chi connectivity index (χ3v) is 5.95. The van der Waals surface area contributed by atoms with E-state index in [4.69, 9.17) is 0 Å². The molecule has 0 radical (unpaired) electrons. The zero-order chi connectivity index (χ0) is 13.0. The first-order chi connectivity index (χ1) is 8.66. The van der Waals surface area contributed by atoms with Crippen LogP contribution in [-0.4, -0.2) is 17.3 Å². The number of alkyl halides is 1. The van der Waals surface area contributed by atoms with Crippen LogP contribution in [-0.2, 0) is 4.79 Å². The summed E-state index contributed by atoms with van der Waals surface area (Å²) in [5.74, 6) is 2.07. The van der Waals surface area contributed by atoms with E-state index < -0.39 is 0 Å². The van der Waals surface area contributed by atoms with Crippen molar-refractivity contribution < 1.29 is 4.79 Å². The Kier molecular flexibility index (Phi) is 5.53. The Morgan fingerprint density at radius 1 is 1.11 bits per heavy atom. The zero-order valence-electron chi connectivity index (χ0n) is 11.5. The van der Waals surface area contributed by atoms with E-state index in [0.29, 0.717) is 22.6 Å². The number of carbonyl (C=O) groups excluding carboxylic acids is 1. The first-order valence-corrected chi connectivity index (χ1v) is 8.50. The topological polar surface area (TPSA) is 29.1 Å². The molecule has 2 atom stereocenters. The van der Waals surface area contributed by atoms with Crippen molar-refractivity contribution in [3.63, 3.8) is 0 Å². The van der Waals surface area contributed by atoms with E-state index in [2.05, 4.69) is 28.2 Å². The van der Waals surface area contributed by atoms with Crippen LogP contribution in [0.1, 0.15) is 58.3 Å². The lowest BCUT2D eigenvalue weighted by atomic mass is 9.82. The van der Waals surface area contributed by atoms with Crippen molar-refractivity contribution in [2.75, 3.05) is 6.54 Å². The standard InChI is InChI=1S/C15H26BrNO/c1-11-6-8-12(9-7-11)15(18)17-10-13-4-2-3-5-14(13)16/h11-14H,2-10H2,1H3,(H,17,18). The largest absolute Gasteiger partial charge is 0.356 e. The van der Waals surface area contributed by atoms with Gasteiger partial charge in [-0.05, 0) is 50.4 Å². The lowest BCUT2D eigenvalue weighted by Crippen LogP contribution is -2.38. The third-order valence-electron chi connectivity index (χ3n) is 4.74. The van der Waals surface area contributed by atoms with Crippen LogP contribution in [0.5, 0.6) is 0 Å². The molecule has 0 aliphatic heterocycles. The summed E-state index contributed by atoms with van der Waals surface area (Å²) >= 11 is 3.76. The highest BCUT2D eigenvalue weighted by Gasteiger charge is 2.27. The predicted octanol–water partition coefficient (Wildman–Crippen LogP) is 3.88. The molecular formula is C15H26BrNO. The van der Waals surface area contributed by atoms with E-state index in [1.165, 1.54) is 38.5 Å². The molecule has 2 rings (SSSR count). The molecular weight excluding hydrogens is 290 g/mol. The van der Waals surface area contributed by atoms with Gasteiger partial charge in [-0.1, -0.05) is 35.7 Å². The highest BCUT2D eigenvalue weighted by molar-refractivity contribution is 9.09. The van der Waals surface area contributed by atoms with E-state index in [0.717, 1.165) is 25.3 Å². The Balaban J connectivity index is 1.70. The maximum Gasteiger partial charge on any atom is 0.223 e. The first-order valence-electron chi connectivity index (χ1n) is 7.58. The minimum absolute atomic E-state index is 0.290. The van der Waals surface area contributed by atoms with Crippen LogP contribution in [0.15, 0.2) is 0 Å². The maximum absolute atomic E-state index is 12.1. The molecule has 0 saturated heterocycles. The van der Waals surface area contributed by atoms with Crippen molar-refractivity contribution in [3.05, 3.63) is 0 Å². The van der Waals surface area contributed by atoms with Gasteiger partial charge in [0.2, 0.25) is 5.91 Å². The maximum atomic E-state index is 12.1. The lowest BCUT2D eigenvalue weighted by molar-refractivity contribution is -0.126. The van der Waals surface area contributed by atoms with Crippen LogP contribution in [0, 0.1) is 17.8 Å². The van der Waals surface area contributed by atoms with Crippen molar-refractivity contribution in [3.8, 4) is 0 Å². The minimum Gasteiger partial charge on any atom is -0.356 e. The van der Waals surface area contributed by atoms with Crippen molar-refractivity contribution in [2.24, 2.45) is 17.8 Å². The molecule has 0 aromatic heterocycles. The van der Waals surface area contributed by atoms with Crippen molar-refractivity contribution in [1.29, 1.82) is 0 Å². The average Bonchev–Trinajstić information content (AvgIpc) is 2.38. The number of hydrogen-bond donors (Lipinski definition) is 1. The molecule has 2 fully saturated rings. The van der Waals surface area contributed by atoms with Gasteiger partial charge in [0.05, 0.1) is 0 Å². The molecule has 2 aliphatic carbocycles. The Bertz CT molecular complexity index is 274. The van der Waals surface area contributed by atoms with Gasteiger partial charge in [-0.2, -0.15) is 0 Å². The molecule has 0 spiro atoms. The van der Waals surface area contributed by atoms with Crippen LogP contribution in [0.3, 0.4) is 0 Å². The van der Waals surface area contributed by atoms with Crippen LogP contribution in [0.25, 0.3) is 0 Å². The van der Waals surface area contributed by atoms with Gasteiger partial charge in [0.15, 0.2) is 0 Å². The SMILES string of the molecule is CC1CCC(C(=O)NCC2CCCCC2Br)CC1. The molecule has 1 amide bonds. The summed E-state index contributed by atoms with van der Waals surface area (Å²) in [6, 6.07) is 0. The number of hydrogen-bond acceptors (Lipinski definition) is 1. The van der Waals surface area contributed by atoms with Gasteiger partial charge >= 0.3 is 0 Å². The van der Waals surface area contributed by atoms with Gasteiger partial charge in [-0.25, -0.2) is 0 Å². The Morgan fingerprint density at radius 2 is 1.78 bits per heavy atom. The quantitative estimate of drug-likeness (QED) is 0.787. The molecule has 104 valence electrons. The minimum atomic E-state index is 0.290. The van der Waals surface area contributed by atoms with Gasteiger partial charge in [0.1, 0.15) is 0 Å². The second-order valence-corrected chi connectivity index (χ2v) is 7.44. The Hall–Kier alpha value is -0.0500. The molecule has 0 bridgehead atoms. The fraction of sp³-hybridized carbons (Fsp3) is 0.933. The smallest absolute Gasteiger partial charge is 0.223 e. The molecule has 0 aromatic rings. The van der Waals surface area contributed by atoms with Gasteiger partial charge < -0.3 is 5.32 Å². The Morgan fingerprint density at radius 3 is 2.44 bits per heavy atom. The number of carbonyl (C=O) groups is 1. The highest BCUT2D eigenvalue weighted by Crippen LogP contribution is 2.30. The van der Waals surface area contributed by atoms with Gasteiger partial charge in [-0.15, -0.1) is 0 Å². The van der Waals surface area contributed by atoms with E-state index in [-0.39, 0.29) is 0 Å². The molecule has 0 aromatic carbocycles. The summed E-state index contributed by atoms with van der Waals surface area (Å²) in [6.07, 6.45) is 9.82. The number of halogens is 1. The van der Waals surface area contributed by atoms with Crippen molar-refractivity contribution in [2.45, 2.75) is 63.1 Å². The fourth-order valence-electron chi connectivity index (χ4n) is 3.29. The van der Waals surface area contributed by atoms with Crippen molar-refractivity contribution >= 4 is 21.8 Å². The summed E-state index contributed by atoms with van der Waals surface area (Å²) in [7, 11) is 0. The molecule has 2 unspecified atom stereocenters. The molecule has 18 heavy (non-hydrogen) atoms. The molecule has 1 N–H and O–H groups in total. The summed E-state index contributed by atoms with van der Waals surface area (Å²) in [4.78, 5) is 12.7. The zero-order valence-corrected chi connectivity index (χ0v) is 13.0. The lowest BCUT2D eigenvalue weighted by Gasteiger charge is -2.29. The molecule has 2 saturated carbocycles. The second-order valence-electron chi connectivity index (χ2n) is 6.26. The normalized spacial score (nSPS) is 37.2. The van der Waals surface area contributed by atoms with Crippen LogP contribution < -0.4 is 5.32 Å². The number of amides is 1. The summed E-state index contributed by atoms with van der Waals surface area (Å²) in [5, 5.41) is 3.20. The van der Waals surface area contributed by atoms with E-state index in [1.807, 2.05) is 0 Å². The first kappa shape index (κ1) is 14.4. The number of rotatable bonds is 3. The monoisotopic (exact) mass is 315 g/mol. The predicted molar refractivity (Wildman–Crippen MR) is 78.8 cm³/mol. The van der Waals surface area contributed by atoms with E-state index >= 15 is 0 Å². The Labute approximate surface area is 119 Å². The average molecular weight is 316 g/mol. The van der Waals surface area contributed by atoms with Gasteiger partial charge in [-0.3, -0.25) is 4.79 Å². The summed E-state index contributed by atoms with van der Waals surface area (Å²) < 4.78 is 0. The van der Waals surface area contributed by atoms with Crippen LogP contribution in [0.4, 0.5) is 0 Å². The molecule has 3 heteroatoms. The van der Waals surface area contributed by atoms with E-state index in [9.17, 15) is 4.79 Å². The molecule has 2 aliphatic rings. The van der Waals surface area contributed by atoms with Gasteiger partial charge in [0.25, 0.3) is 0 Å². The summed E-state index contributed by atoms with van der Waals surface area (Å²) in [5.41, 5.74) is 0. The molecule has 2 nitrogen and oxygen atoms in total. The van der Waals surface area contributed by atoms with Gasteiger partial charge in [0, 0.05) is 17.3 Å². The third kappa shape index (κ3) is 3.97. The molecule has 0 heterocycles. The fourth-order valence-corrected chi connectivity index (χ4v) is 4.07. The van der Waals surface area contributed by atoms with Crippen molar-refractivity contribution in [1.82, 2.24) is 5.32 Å². The highest BCUT2D eigenvalue weighted by atomic mass is 79.9. The van der Waals surface area contributed by atoms with Crippen LogP contribution in [0.2, 0.25) is 0 Å². The summed E-state index contributed by atoms with van der Waals surface area (Å²) in [6.45, 7) is 3.17. The second kappa shape index (κ2) is 6.93. The van der Waals surface area contributed by atoms with Crippen LogP contribution >= 0.6 is 15.9 Å². The number of nitrogens with one attached hydrogen (secondary N) is 1.